The summed E-state index contributed by atoms with van der Waals surface area (Å²) in [5, 5.41) is 8.58. The van der Waals surface area contributed by atoms with Crippen LogP contribution >= 0.6 is 0 Å². The molecule has 0 bridgehead atoms. The first-order chi connectivity index (χ1) is 13.2. The topological polar surface area (TPSA) is 60.0 Å². The van der Waals surface area contributed by atoms with Crippen LogP contribution in [-0.2, 0) is 6.54 Å². The van der Waals surface area contributed by atoms with Crippen molar-refractivity contribution in [3.05, 3.63) is 60.4 Å². The molecule has 6 nitrogen and oxygen atoms in total. The van der Waals surface area contributed by atoms with Crippen LogP contribution in [0.25, 0.3) is 16.9 Å². The van der Waals surface area contributed by atoms with E-state index in [1.807, 2.05) is 29.1 Å². The lowest BCUT2D eigenvalue weighted by molar-refractivity contribution is 0.258. The zero-order chi connectivity index (χ0) is 18.6. The molecule has 1 aliphatic heterocycles. The summed E-state index contributed by atoms with van der Waals surface area (Å²) >= 11 is 0. The Morgan fingerprint density at radius 2 is 2.11 bits per heavy atom. The predicted octanol–water partition coefficient (Wildman–Crippen LogP) is 4.19. The summed E-state index contributed by atoms with van der Waals surface area (Å²) < 4.78 is 7.95. The minimum Gasteiger partial charge on any atom is -0.460 e. The van der Waals surface area contributed by atoms with Gasteiger partial charge in [-0.3, -0.25) is 9.88 Å². The van der Waals surface area contributed by atoms with E-state index in [4.69, 9.17) is 4.42 Å². The highest BCUT2D eigenvalue weighted by atomic mass is 16.3. The predicted molar refractivity (Wildman–Crippen MR) is 105 cm³/mol. The van der Waals surface area contributed by atoms with Crippen LogP contribution in [0.15, 0.2) is 53.3 Å². The van der Waals surface area contributed by atoms with E-state index in [0.29, 0.717) is 6.04 Å². The molecule has 0 radical (unpaired) electrons. The third-order valence-electron chi connectivity index (χ3n) is 4.89. The second-order valence-corrected chi connectivity index (χ2v) is 7.23. The van der Waals surface area contributed by atoms with Crippen molar-refractivity contribution in [1.82, 2.24) is 24.9 Å². The maximum absolute atomic E-state index is 6.03. The molecule has 4 heterocycles. The van der Waals surface area contributed by atoms with Crippen molar-refractivity contribution < 1.29 is 4.42 Å². The Morgan fingerprint density at radius 1 is 1.19 bits per heavy atom. The number of hydrogen-bond acceptors (Lipinski definition) is 5. The van der Waals surface area contributed by atoms with Gasteiger partial charge in [-0.05, 0) is 56.5 Å². The summed E-state index contributed by atoms with van der Waals surface area (Å²) in [6.07, 6.45) is 9.95. The van der Waals surface area contributed by atoms with Gasteiger partial charge < -0.3 is 4.42 Å². The summed E-state index contributed by atoms with van der Waals surface area (Å²) in [6.45, 7) is 7.06. The van der Waals surface area contributed by atoms with Crippen molar-refractivity contribution in [3.8, 4) is 11.3 Å². The van der Waals surface area contributed by atoms with Crippen molar-refractivity contribution in [2.75, 3.05) is 13.1 Å². The molecular weight excluding hydrogens is 338 g/mol. The second-order valence-electron chi connectivity index (χ2n) is 7.23. The van der Waals surface area contributed by atoms with E-state index in [1.54, 1.807) is 6.20 Å². The summed E-state index contributed by atoms with van der Waals surface area (Å²) in [6, 6.07) is 8.37. The maximum Gasteiger partial charge on any atom is 0.135 e. The van der Waals surface area contributed by atoms with E-state index < -0.39 is 0 Å². The van der Waals surface area contributed by atoms with Crippen molar-refractivity contribution in [2.45, 2.75) is 39.3 Å². The molecule has 0 amide bonds. The van der Waals surface area contributed by atoms with Crippen molar-refractivity contribution in [3.63, 3.8) is 0 Å². The van der Waals surface area contributed by atoms with Gasteiger partial charge in [0, 0.05) is 37.1 Å². The van der Waals surface area contributed by atoms with Crippen LogP contribution in [0.5, 0.6) is 0 Å². The van der Waals surface area contributed by atoms with E-state index in [1.165, 1.54) is 5.57 Å². The second kappa shape index (κ2) is 7.88. The summed E-state index contributed by atoms with van der Waals surface area (Å²) in [4.78, 5) is 6.59. The Morgan fingerprint density at radius 3 is 2.89 bits per heavy atom. The maximum atomic E-state index is 6.03. The largest absolute Gasteiger partial charge is 0.460 e. The minimum atomic E-state index is 0.335. The fourth-order valence-corrected chi connectivity index (χ4v) is 3.33. The molecule has 0 unspecified atom stereocenters. The first-order valence-electron chi connectivity index (χ1n) is 9.52. The lowest BCUT2D eigenvalue weighted by Gasteiger charge is -2.18. The van der Waals surface area contributed by atoms with Crippen molar-refractivity contribution in [2.24, 2.45) is 0 Å². The van der Waals surface area contributed by atoms with Gasteiger partial charge >= 0.3 is 0 Å². The van der Waals surface area contributed by atoms with Crippen LogP contribution in [0, 0.1) is 0 Å². The average molecular weight is 363 g/mol. The normalized spacial score (nSPS) is 15.7. The number of nitrogens with zero attached hydrogens (tertiary/aromatic N) is 5. The van der Waals surface area contributed by atoms with Gasteiger partial charge in [0.05, 0.1) is 12.7 Å². The summed E-state index contributed by atoms with van der Waals surface area (Å²) in [7, 11) is 0. The number of rotatable bonds is 5. The minimum absolute atomic E-state index is 0.335. The van der Waals surface area contributed by atoms with Gasteiger partial charge in [0.2, 0.25) is 0 Å². The lowest BCUT2D eigenvalue weighted by Crippen LogP contribution is -2.24. The van der Waals surface area contributed by atoms with E-state index in [-0.39, 0.29) is 0 Å². The molecule has 0 saturated carbocycles. The molecular formula is C21H25N5O. The van der Waals surface area contributed by atoms with E-state index in [0.717, 1.165) is 55.3 Å². The molecule has 0 saturated heterocycles. The standard InChI is InChI=1S/C21H25N5O/c1-16(2)26-15-20(23-24-26)17-6-4-11-25(12-9-17)14-19-7-8-21(27-19)18-5-3-10-22-13-18/h3,5-8,10,13,15-16H,4,9,11-12,14H2,1-2H3. The molecule has 140 valence electrons. The van der Waals surface area contributed by atoms with Crippen LogP contribution in [0.4, 0.5) is 0 Å². The number of aromatic nitrogens is 4. The lowest BCUT2D eigenvalue weighted by atomic mass is 10.1. The van der Waals surface area contributed by atoms with Gasteiger partial charge in [-0.25, -0.2) is 4.68 Å². The molecule has 0 N–H and O–H groups in total. The molecule has 27 heavy (non-hydrogen) atoms. The Labute approximate surface area is 159 Å². The molecule has 0 aliphatic carbocycles. The van der Waals surface area contributed by atoms with Gasteiger partial charge in [-0.1, -0.05) is 11.3 Å². The Hall–Kier alpha value is -2.73. The Kier molecular flexibility index (Phi) is 5.16. The van der Waals surface area contributed by atoms with Crippen LogP contribution in [0.2, 0.25) is 0 Å². The number of hydrogen-bond donors (Lipinski definition) is 0. The van der Waals surface area contributed by atoms with Crippen LogP contribution in [0.1, 0.15) is 44.2 Å². The Balaban J connectivity index is 1.38. The van der Waals surface area contributed by atoms with E-state index >= 15 is 0 Å². The molecule has 6 heteroatoms. The number of pyridine rings is 1. The van der Waals surface area contributed by atoms with Crippen molar-refractivity contribution >= 4 is 5.57 Å². The average Bonchev–Trinajstić information content (AvgIpc) is 3.29. The highest BCUT2D eigenvalue weighted by Gasteiger charge is 2.16. The van der Waals surface area contributed by atoms with Gasteiger partial charge in [0.15, 0.2) is 0 Å². The number of furan rings is 1. The van der Waals surface area contributed by atoms with Gasteiger partial charge in [-0.2, -0.15) is 0 Å². The van der Waals surface area contributed by atoms with Crippen LogP contribution < -0.4 is 0 Å². The third kappa shape index (κ3) is 4.17. The molecule has 0 atom stereocenters. The molecule has 0 fully saturated rings. The first kappa shape index (κ1) is 17.7. The molecule has 3 aromatic rings. The van der Waals surface area contributed by atoms with Gasteiger partial charge in [0.25, 0.3) is 0 Å². The zero-order valence-corrected chi connectivity index (χ0v) is 15.9. The smallest absolute Gasteiger partial charge is 0.135 e. The molecule has 4 rings (SSSR count). The molecule has 0 spiro atoms. The molecule has 1 aliphatic rings. The van der Waals surface area contributed by atoms with E-state index in [9.17, 15) is 0 Å². The fourth-order valence-electron chi connectivity index (χ4n) is 3.33. The fraction of sp³-hybridized carbons (Fsp3) is 0.381. The zero-order valence-electron chi connectivity index (χ0n) is 15.9. The SMILES string of the molecule is CC(C)n1cc(C2=CCCN(Cc3ccc(-c4cccnc4)o3)CC2)nn1. The third-order valence-corrected chi connectivity index (χ3v) is 4.89. The first-order valence-corrected chi connectivity index (χ1v) is 9.52. The monoisotopic (exact) mass is 363 g/mol. The van der Waals surface area contributed by atoms with E-state index in [2.05, 4.69) is 52.4 Å². The van der Waals surface area contributed by atoms with Crippen LogP contribution in [0.3, 0.4) is 0 Å². The quantitative estimate of drug-likeness (QED) is 0.680. The van der Waals surface area contributed by atoms with Crippen LogP contribution in [-0.4, -0.2) is 38.0 Å². The summed E-state index contributed by atoms with van der Waals surface area (Å²) in [5.74, 6) is 1.86. The summed E-state index contributed by atoms with van der Waals surface area (Å²) in [5.41, 5.74) is 3.30. The van der Waals surface area contributed by atoms with Gasteiger partial charge in [0.1, 0.15) is 17.2 Å². The van der Waals surface area contributed by atoms with Gasteiger partial charge in [-0.15, -0.1) is 5.10 Å². The molecule has 3 aromatic heterocycles. The Bertz CT molecular complexity index is 910. The highest BCUT2D eigenvalue weighted by molar-refractivity contribution is 5.62. The highest BCUT2D eigenvalue weighted by Crippen LogP contribution is 2.24. The van der Waals surface area contributed by atoms with Crippen molar-refractivity contribution in [1.29, 1.82) is 0 Å². The molecule has 0 aromatic carbocycles.